The number of aromatic nitrogens is 3. The lowest BCUT2D eigenvalue weighted by Crippen LogP contribution is -2.88. The quantitative estimate of drug-likeness (QED) is 0.561. The summed E-state index contributed by atoms with van der Waals surface area (Å²) in [6, 6.07) is 7.67. The Morgan fingerprint density at radius 2 is 1.96 bits per heavy atom. The summed E-state index contributed by atoms with van der Waals surface area (Å²) in [4.78, 5) is 28.0. The van der Waals surface area contributed by atoms with E-state index in [4.69, 9.17) is 0 Å². The highest BCUT2D eigenvalue weighted by atomic mass is 16.3. The van der Waals surface area contributed by atoms with Crippen molar-refractivity contribution in [2.45, 2.75) is 12.5 Å². The first-order chi connectivity index (χ1) is 11.5. The Morgan fingerprint density at radius 3 is 2.75 bits per heavy atom. The Labute approximate surface area is 137 Å². The fraction of sp³-hybridized carbons (Fsp3) is 0.294. The van der Waals surface area contributed by atoms with Gasteiger partial charge in [0.25, 0.3) is 5.56 Å². The lowest BCUT2D eigenvalue weighted by molar-refractivity contribution is -0.690. The van der Waals surface area contributed by atoms with Crippen molar-refractivity contribution in [2.24, 2.45) is 14.1 Å². The van der Waals surface area contributed by atoms with E-state index in [0.717, 1.165) is 38.7 Å². The van der Waals surface area contributed by atoms with Crippen LogP contribution in [0.15, 0.2) is 33.9 Å². The van der Waals surface area contributed by atoms with E-state index in [9.17, 15) is 14.7 Å². The zero-order valence-electron chi connectivity index (χ0n) is 13.5. The molecule has 0 fully saturated rings. The van der Waals surface area contributed by atoms with Gasteiger partial charge in [-0.1, -0.05) is 18.2 Å². The van der Waals surface area contributed by atoms with Gasteiger partial charge in [-0.2, -0.15) is 0 Å². The molecule has 7 heteroatoms. The van der Waals surface area contributed by atoms with Crippen LogP contribution in [0.3, 0.4) is 0 Å². The molecule has 1 aromatic carbocycles. The normalized spacial score (nSPS) is 17.2. The van der Waals surface area contributed by atoms with Crippen LogP contribution in [0.4, 0.5) is 0 Å². The van der Waals surface area contributed by atoms with Crippen LogP contribution in [0.2, 0.25) is 0 Å². The Bertz CT molecular complexity index is 1070. The average Bonchev–Trinajstić information content (AvgIpc) is 2.98. The molecule has 0 saturated heterocycles. The molecule has 0 saturated carbocycles. The number of rotatable bonds is 1. The molecule has 124 valence electrons. The molecule has 24 heavy (non-hydrogen) atoms. The third-order valence-electron chi connectivity index (χ3n) is 4.93. The van der Waals surface area contributed by atoms with Gasteiger partial charge in [-0.25, -0.2) is 4.79 Å². The highest BCUT2D eigenvalue weighted by molar-refractivity contribution is 5.85. The Kier molecular flexibility index (Phi) is 3.14. The van der Waals surface area contributed by atoms with Gasteiger partial charge < -0.3 is 15.4 Å². The van der Waals surface area contributed by atoms with Gasteiger partial charge in [-0.15, -0.1) is 0 Å². The van der Waals surface area contributed by atoms with Gasteiger partial charge in [0.2, 0.25) is 5.88 Å². The van der Waals surface area contributed by atoms with Crippen LogP contribution in [-0.2, 0) is 20.5 Å². The van der Waals surface area contributed by atoms with Gasteiger partial charge in [-0.3, -0.25) is 13.9 Å². The standard InChI is InChI=1S/C17H18N4O3/c1-20-15(22)12(16(23)21(2)17(20)24)14-13-10(7-8-18-14)9-5-3-4-6-11(9)19-13/h3-6,14,18-19,22H,7-8H2,1-2H3/p+1/t14-/m1/s1. The van der Waals surface area contributed by atoms with Gasteiger partial charge in [0, 0.05) is 31.4 Å². The molecule has 0 unspecified atom stereocenters. The minimum Gasteiger partial charge on any atom is -0.494 e. The van der Waals surface area contributed by atoms with Crippen LogP contribution in [0.25, 0.3) is 10.9 Å². The van der Waals surface area contributed by atoms with E-state index < -0.39 is 11.2 Å². The smallest absolute Gasteiger partial charge is 0.333 e. The second kappa shape index (κ2) is 5.10. The maximum absolute atomic E-state index is 12.6. The number of nitrogens with zero attached hydrogens (tertiary/aromatic N) is 2. The predicted molar refractivity (Wildman–Crippen MR) is 89.2 cm³/mol. The number of hydrogen-bond donors (Lipinski definition) is 3. The topological polar surface area (TPSA) is 96.6 Å². The second-order valence-electron chi connectivity index (χ2n) is 6.26. The first-order valence-corrected chi connectivity index (χ1v) is 7.92. The van der Waals surface area contributed by atoms with E-state index in [2.05, 4.69) is 11.1 Å². The molecule has 3 aromatic rings. The molecular formula is C17H19N4O3+. The average molecular weight is 327 g/mol. The summed E-state index contributed by atoms with van der Waals surface area (Å²) >= 11 is 0. The van der Waals surface area contributed by atoms with Crippen molar-refractivity contribution in [2.75, 3.05) is 6.54 Å². The fourth-order valence-corrected chi connectivity index (χ4v) is 3.66. The summed E-state index contributed by atoms with van der Waals surface area (Å²) < 4.78 is 2.15. The molecule has 3 heterocycles. The highest BCUT2D eigenvalue weighted by Crippen LogP contribution is 2.31. The predicted octanol–water partition coefficient (Wildman–Crippen LogP) is -0.520. The molecule has 1 aliphatic rings. The number of benzene rings is 1. The van der Waals surface area contributed by atoms with Crippen molar-refractivity contribution in [1.82, 2.24) is 14.1 Å². The Morgan fingerprint density at radius 1 is 1.21 bits per heavy atom. The number of nitrogens with two attached hydrogens (primary N) is 1. The number of para-hydroxylation sites is 1. The molecule has 4 rings (SSSR count). The maximum Gasteiger partial charge on any atom is 0.333 e. The van der Waals surface area contributed by atoms with Gasteiger partial charge in [0.05, 0.1) is 12.2 Å². The number of H-pyrrole nitrogens is 1. The van der Waals surface area contributed by atoms with Gasteiger partial charge in [0.15, 0.2) is 6.04 Å². The lowest BCUT2D eigenvalue weighted by atomic mass is 9.95. The number of aromatic hydroxyl groups is 1. The van der Waals surface area contributed by atoms with E-state index in [1.807, 2.05) is 23.5 Å². The summed E-state index contributed by atoms with van der Waals surface area (Å²) in [5.74, 6) is -0.268. The van der Waals surface area contributed by atoms with Crippen LogP contribution in [-0.4, -0.2) is 25.8 Å². The Balaban J connectivity index is 2.02. The summed E-state index contributed by atoms with van der Waals surface area (Å²) in [7, 11) is 2.90. The largest absolute Gasteiger partial charge is 0.494 e. The van der Waals surface area contributed by atoms with E-state index in [1.54, 1.807) is 0 Å². The molecule has 1 atom stereocenters. The van der Waals surface area contributed by atoms with E-state index >= 15 is 0 Å². The van der Waals surface area contributed by atoms with Crippen LogP contribution < -0.4 is 16.6 Å². The SMILES string of the molecule is Cn1c(O)c([C@H]2[NH2+]CCc3c2[nH]c2ccccc32)c(=O)n(C)c1=O. The van der Waals surface area contributed by atoms with Crippen molar-refractivity contribution in [3.8, 4) is 5.88 Å². The first-order valence-electron chi connectivity index (χ1n) is 7.92. The highest BCUT2D eigenvalue weighted by Gasteiger charge is 2.34. The van der Waals surface area contributed by atoms with Gasteiger partial charge >= 0.3 is 5.69 Å². The number of fused-ring (bicyclic) bond motifs is 3. The number of quaternary nitrogens is 1. The van der Waals surface area contributed by atoms with E-state index in [1.165, 1.54) is 19.7 Å². The Hall–Kier alpha value is -2.80. The molecular weight excluding hydrogens is 308 g/mol. The molecule has 4 N–H and O–H groups in total. The monoisotopic (exact) mass is 327 g/mol. The molecule has 0 aliphatic carbocycles. The minimum absolute atomic E-state index is 0.243. The van der Waals surface area contributed by atoms with Crippen LogP contribution >= 0.6 is 0 Å². The molecule has 0 radical (unpaired) electrons. The summed E-state index contributed by atoms with van der Waals surface area (Å²) in [5.41, 5.74) is 2.37. The molecule has 2 aromatic heterocycles. The fourth-order valence-electron chi connectivity index (χ4n) is 3.66. The lowest BCUT2D eigenvalue weighted by Gasteiger charge is -2.22. The molecule has 0 amide bonds. The minimum atomic E-state index is -0.533. The van der Waals surface area contributed by atoms with Crippen molar-refractivity contribution in [3.63, 3.8) is 0 Å². The van der Waals surface area contributed by atoms with Crippen LogP contribution in [0, 0.1) is 0 Å². The number of hydrogen-bond acceptors (Lipinski definition) is 3. The van der Waals surface area contributed by atoms with Crippen molar-refractivity contribution < 1.29 is 10.4 Å². The van der Waals surface area contributed by atoms with Gasteiger partial charge in [0.1, 0.15) is 5.56 Å². The second-order valence-corrected chi connectivity index (χ2v) is 6.26. The van der Waals surface area contributed by atoms with Crippen molar-refractivity contribution in [1.29, 1.82) is 0 Å². The van der Waals surface area contributed by atoms with Crippen molar-refractivity contribution >= 4 is 10.9 Å². The number of aromatic amines is 1. The van der Waals surface area contributed by atoms with E-state index in [-0.39, 0.29) is 17.5 Å². The maximum atomic E-state index is 12.6. The summed E-state index contributed by atoms with van der Waals surface area (Å²) in [5, 5.41) is 13.6. The summed E-state index contributed by atoms with van der Waals surface area (Å²) in [6.07, 6.45) is 0.892. The zero-order valence-corrected chi connectivity index (χ0v) is 13.5. The van der Waals surface area contributed by atoms with Crippen molar-refractivity contribution in [3.05, 3.63) is 61.9 Å². The summed E-state index contributed by atoms with van der Waals surface area (Å²) in [6.45, 7) is 0.810. The van der Waals surface area contributed by atoms with Crippen LogP contribution in [0.1, 0.15) is 22.9 Å². The molecule has 1 aliphatic heterocycles. The molecule has 0 spiro atoms. The third kappa shape index (κ3) is 1.88. The number of nitrogens with one attached hydrogen (secondary N) is 1. The van der Waals surface area contributed by atoms with Gasteiger partial charge in [-0.05, 0) is 11.6 Å². The van der Waals surface area contributed by atoms with E-state index in [0.29, 0.717) is 0 Å². The zero-order chi connectivity index (χ0) is 17.0. The van der Waals surface area contributed by atoms with Crippen LogP contribution in [0.5, 0.6) is 5.88 Å². The molecule has 0 bridgehead atoms. The third-order valence-corrected chi connectivity index (χ3v) is 4.93. The first kappa shape index (κ1) is 14.8. The molecule has 7 nitrogen and oxygen atoms in total.